The maximum Gasteiger partial charge on any atom is 0.314 e. The standard InChI is InChI=1S/C12H22N2O5/c1-2-19-9-6-12(18,7-9)8-14-11(17)13-5-3-4-10(15)16/h9,18H,2-8H2,1H3,(H,15,16)(H2,13,14,17). The van der Waals surface area contributed by atoms with Gasteiger partial charge in [-0.2, -0.15) is 0 Å². The van der Waals surface area contributed by atoms with Gasteiger partial charge in [-0.25, -0.2) is 4.79 Å². The van der Waals surface area contributed by atoms with Crippen molar-refractivity contribution in [2.45, 2.75) is 44.3 Å². The molecule has 7 nitrogen and oxygen atoms in total. The van der Waals surface area contributed by atoms with Crippen molar-refractivity contribution in [1.82, 2.24) is 10.6 Å². The average Bonchev–Trinajstić information content (AvgIpc) is 2.30. The summed E-state index contributed by atoms with van der Waals surface area (Å²) in [6.07, 6.45) is 1.55. The summed E-state index contributed by atoms with van der Waals surface area (Å²) < 4.78 is 5.34. The largest absolute Gasteiger partial charge is 0.481 e. The first kappa shape index (κ1) is 15.7. The van der Waals surface area contributed by atoms with Crippen molar-refractivity contribution < 1.29 is 24.5 Å². The normalized spacial score (nSPS) is 25.5. The van der Waals surface area contributed by atoms with Crippen molar-refractivity contribution in [3.8, 4) is 0 Å². The summed E-state index contributed by atoms with van der Waals surface area (Å²) >= 11 is 0. The van der Waals surface area contributed by atoms with Crippen LogP contribution in [0, 0.1) is 0 Å². The number of carbonyl (C=O) groups is 2. The summed E-state index contributed by atoms with van der Waals surface area (Å²) in [6, 6.07) is -0.390. The van der Waals surface area contributed by atoms with Gasteiger partial charge in [0.15, 0.2) is 0 Å². The summed E-state index contributed by atoms with van der Waals surface area (Å²) in [7, 11) is 0. The lowest BCUT2D eigenvalue weighted by atomic mass is 9.77. The van der Waals surface area contributed by atoms with Gasteiger partial charge in [0.25, 0.3) is 0 Å². The van der Waals surface area contributed by atoms with Crippen molar-refractivity contribution in [3.05, 3.63) is 0 Å². The van der Waals surface area contributed by atoms with Gasteiger partial charge in [-0.1, -0.05) is 0 Å². The van der Waals surface area contributed by atoms with E-state index < -0.39 is 17.6 Å². The minimum atomic E-state index is -0.882. The Balaban J connectivity index is 2.06. The van der Waals surface area contributed by atoms with Crippen LogP contribution in [0.2, 0.25) is 0 Å². The summed E-state index contributed by atoms with van der Waals surface area (Å²) in [5.41, 5.74) is -0.877. The van der Waals surface area contributed by atoms with Crippen LogP contribution in [0.3, 0.4) is 0 Å². The molecule has 0 aromatic heterocycles. The number of amides is 2. The van der Waals surface area contributed by atoms with Gasteiger partial charge in [-0.15, -0.1) is 0 Å². The molecule has 1 aliphatic carbocycles. The van der Waals surface area contributed by atoms with Crippen molar-refractivity contribution in [2.24, 2.45) is 0 Å². The molecule has 0 bridgehead atoms. The highest BCUT2D eigenvalue weighted by Gasteiger charge is 2.43. The van der Waals surface area contributed by atoms with E-state index in [1.165, 1.54) is 0 Å². The first-order valence-corrected chi connectivity index (χ1v) is 6.52. The number of aliphatic hydroxyl groups is 1. The summed E-state index contributed by atoms with van der Waals surface area (Å²) in [4.78, 5) is 21.6. The molecular weight excluding hydrogens is 252 g/mol. The van der Waals surface area contributed by atoms with Crippen molar-refractivity contribution in [1.29, 1.82) is 0 Å². The van der Waals surface area contributed by atoms with Crippen LogP contribution in [-0.4, -0.2) is 53.6 Å². The van der Waals surface area contributed by atoms with Crippen molar-refractivity contribution in [2.75, 3.05) is 19.7 Å². The van der Waals surface area contributed by atoms with Gasteiger partial charge in [0, 0.05) is 39.0 Å². The molecule has 0 unspecified atom stereocenters. The predicted molar refractivity (Wildman–Crippen MR) is 67.9 cm³/mol. The minimum Gasteiger partial charge on any atom is -0.481 e. The second-order valence-electron chi connectivity index (χ2n) is 4.82. The number of hydrogen-bond donors (Lipinski definition) is 4. The molecule has 110 valence electrons. The fourth-order valence-corrected chi connectivity index (χ4v) is 2.03. The molecule has 0 saturated heterocycles. The number of aliphatic carboxylic acids is 1. The smallest absolute Gasteiger partial charge is 0.314 e. The van der Waals surface area contributed by atoms with E-state index in [1.807, 2.05) is 6.92 Å². The van der Waals surface area contributed by atoms with Crippen LogP contribution in [0.4, 0.5) is 4.79 Å². The van der Waals surface area contributed by atoms with E-state index in [1.54, 1.807) is 0 Å². The third kappa shape index (κ3) is 5.89. The second kappa shape index (κ2) is 7.30. The minimum absolute atomic E-state index is 0.0280. The van der Waals surface area contributed by atoms with Crippen LogP contribution in [-0.2, 0) is 9.53 Å². The Morgan fingerprint density at radius 2 is 2.05 bits per heavy atom. The quantitative estimate of drug-likeness (QED) is 0.469. The molecule has 0 radical (unpaired) electrons. The molecule has 0 spiro atoms. The van der Waals surface area contributed by atoms with E-state index in [9.17, 15) is 14.7 Å². The van der Waals surface area contributed by atoms with Crippen LogP contribution >= 0.6 is 0 Å². The first-order valence-electron chi connectivity index (χ1n) is 6.52. The van der Waals surface area contributed by atoms with Crippen LogP contribution in [0.15, 0.2) is 0 Å². The van der Waals surface area contributed by atoms with Crippen LogP contribution in [0.1, 0.15) is 32.6 Å². The molecule has 7 heteroatoms. The molecule has 0 aromatic carbocycles. The number of rotatable bonds is 8. The van der Waals surface area contributed by atoms with Gasteiger partial charge in [0.2, 0.25) is 0 Å². The molecule has 4 N–H and O–H groups in total. The molecule has 0 aromatic rings. The maximum atomic E-state index is 11.4. The fourth-order valence-electron chi connectivity index (χ4n) is 2.03. The molecule has 0 aliphatic heterocycles. The van der Waals surface area contributed by atoms with E-state index >= 15 is 0 Å². The predicted octanol–water partition coefficient (Wildman–Crippen LogP) is 0.0804. The Hall–Kier alpha value is -1.34. The second-order valence-corrected chi connectivity index (χ2v) is 4.82. The lowest BCUT2D eigenvalue weighted by molar-refractivity contribution is -0.137. The maximum absolute atomic E-state index is 11.4. The lowest BCUT2D eigenvalue weighted by Crippen LogP contribution is -2.56. The Morgan fingerprint density at radius 3 is 2.63 bits per heavy atom. The molecule has 1 aliphatic rings. The number of ether oxygens (including phenoxy) is 1. The topological polar surface area (TPSA) is 108 Å². The van der Waals surface area contributed by atoms with Gasteiger partial charge < -0.3 is 25.6 Å². The summed E-state index contributed by atoms with van der Waals surface area (Å²) in [6.45, 7) is 3.01. The van der Waals surface area contributed by atoms with Crippen molar-refractivity contribution in [3.63, 3.8) is 0 Å². The van der Waals surface area contributed by atoms with Crippen LogP contribution in [0.5, 0.6) is 0 Å². The molecule has 0 heterocycles. The number of urea groups is 1. The first-order chi connectivity index (χ1) is 8.95. The zero-order valence-corrected chi connectivity index (χ0v) is 11.1. The highest BCUT2D eigenvalue weighted by atomic mass is 16.5. The number of carboxylic acid groups (broad SMARTS) is 1. The molecule has 2 amide bonds. The number of hydrogen-bond acceptors (Lipinski definition) is 4. The number of nitrogens with one attached hydrogen (secondary N) is 2. The molecule has 19 heavy (non-hydrogen) atoms. The van der Waals surface area contributed by atoms with Gasteiger partial charge in [0.05, 0.1) is 11.7 Å². The lowest BCUT2D eigenvalue weighted by Gasteiger charge is -2.43. The summed E-state index contributed by atoms with van der Waals surface area (Å²) in [5, 5.41) is 23.5. The summed E-state index contributed by atoms with van der Waals surface area (Å²) in [5.74, 6) is -0.882. The van der Waals surface area contributed by atoms with E-state index in [-0.39, 0.29) is 19.1 Å². The van der Waals surface area contributed by atoms with E-state index in [0.29, 0.717) is 32.4 Å². The molecule has 0 atom stereocenters. The van der Waals surface area contributed by atoms with Gasteiger partial charge in [-0.05, 0) is 13.3 Å². The van der Waals surface area contributed by atoms with E-state index in [2.05, 4.69) is 10.6 Å². The molecule has 1 rings (SSSR count). The Kier molecular flexibility index (Phi) is 6.04. The molecular formula is C12H22N2O5. The van der Waals surface area contributed by atoms with E-state index in [4.69, 9.17) is 9.84 Å². The SMILES string of the molecule is CCOC1CC(O)(CNC(=O)NCCCC(=O)O)C1. The average molecular weight is 274 g/mol. The third-order valence-electron chi connectivity index (χ3n) is 3.05. The highest BCUT2D eigenvalue weighted by Crippen LogP contribution is 2.33. The van der Waals surface area contributed by atoms with Crippen LogP contribution in [0.25, 0.3) is 0 Å². The van der Waals surface area contributed by atoms with Gasteiger partial charge in [-0.3, -0.25) is 4.79 Å². The molecule has 1 fully saturated rings. The Morgan fingerprint density at radius 1 is 1.37 bits per heavy atom. The number of carbonyl (C=O) groups excluding carboxylic acids is 1. The van der Waals surface area contributed by atoms with E-state index in [0.717, 1.165) is 0 Å². The highest BCUT2D eigenvalue weighted by molar-refractivity contribution is 5.74. The monoisotopic (exact) mass is 274 g/mol. The van der Waals surface area contributed by atoms with Gasteiger partial charge >= 0.3 is 12.0 Å². The third-order valence-corrected chi connectivity index (χ3v) is 3.05. The Bertz CT molecular complexity index is 315. The van der Waals surface area contributed by atoms with Crippen LogP contribution < -0.4 is 10.6 Å². The zero-order chi connectivity index (χ0) is 14.3. The fraction of sp³-hybridized carbons (Fsp3) is 0.833. The zero-order valence-electron chi connectivity index (χ0n) is 11.1. The van der Waals surface area contributed by atoms with Gasteiger partial charge in [0.1, 0.15) is 0 Å². The van der Waals surface area contributed by atoms with Crippen molar-refractivity contribution >= 4 is 12.0 Å². The number of carboxylic acids is 1. The Labute approximate surface area is 112 Å². The molecule has 1 saturated carbocycles.